The lowest BCUT2D eigenvalue weighted by atomic mass is 10.1. The fourth-order valence-corrected chi connectivity index (χ4v) is 4.04. The third-order valence-corrected chi connectivity index (χ3v) is 5.25. The summed E-state index contributed by atoms with van der Waals surface area (Å²) in [6.07, 6.45) is 2.09. The number of aryl methyl sites for hydroxylation is 2. The molecule has 2 rings (SSSR count). The van der Waals surface area contributed by atoms with E-state index in [0.717, 1.165) is 33.2 Å². The molecule has 108 valence electrons. The maximum Gasteiger partial charge on any atom is 0.258 e. The van der Waals surface area contributed by atoms with Crippen LogP contribution in [0.15, 0.2) is 6.07 Å². The van der Waals surface area contributed by atoms with Crippen LogP contribution in [0.3, 0.4) is 0 Å². The molecule has 0 radical (unpaired) electrons. The average Bonchev–Trinajstić information content (AvgIpc) is 2.98. The van der Waals surface area contributed by atoms with E-state index in [-0.39, 0.29) is 5.91 Å². The minimum Gasteiger partial charge on any atom is -0.296 e. The number of aromatic nitrogens is 2. The topological polar surface area (TPSA) is 54.9 Å². The molecule has 0 spiro atoms. The minimum absolute atomic E-state index is 0.0981. The zero-order valence-electron chi connectivity index (χ0n) is 12.2. The molecule has 0 aliphatic heterocycles. The Morgan fingerprint density at radius 3 is 2.50 bits per heavy atom. The molecular weight excluding hydrogens is 290 g/mol. The zero-order chi connectivity index (χ0) is 14.7. The SMILES string of the molecule is CCC(CC)c1nnc(NC(=O)c2cc(C)sc2C)s1. The van der Waals surface area contributed by atoms with E-state index in [1.807, 2.05) is 19.9 Å². The van der Waals surface area contributed by atoms with Crippen molar-refractivity contribution in [2.75, 3.05) is 5.32 Å². The number of amides is 1. The molecule has 1 N–H and O–H groups in total. The Hall–Kier alpha value is -1.27. The summed E-state index contributed by atoms with van der Waals surface area (Å²) < 4.78 is 0. The first-order valence-corrected chi connectivity index (χ1v) is 8.40. The van der Waals surface area contributed by atoms with Crippen LogP contribution in [-0.4, -0.2) is 16.1 Å². The van der Waals surface area contributed by atoms with Gasteiger partial charge in [-0.05, 0) is 32.8 Å². The third-order valence-electron chi connectivity index (χ3n) is 3.28. The molecule has 6 heteroatoms. The van der Waals surface area contributed by atoms with Crippen molar-refractivity contribution in [1.82, 2.24) is 10.2 Å². The maximum absolute atomic E-state index is 12.2. The van der Waals surface area contributed by atoms with Crippen molar-refractivity contribution in [3.05, 3.63) is 26.4 Å². The van der Waals surface area contributed by atoms with Gasteiger partial charge in [-0.1, -0.05) is 25.2 Å². The Morgan fingerprint density at radius 1 is 1.25 bits per heavy atom. The first-order chi connectivity index (χ1) is 9.55. The highest BCUT2D eigenvalue weighted by Crippen LogP contribution is 2.29. The molecule has 0 unspecified atom stereocenters. The quantitative estimate of drug-likeness (QED) is 0.892. The number of carbonyl (C=O) groups is 1. The first kappa shape index (κ1) is 15.1. The summed E-state index contributed by atoms with van der Waals surface area (Å²) in [6, 6.07) is 1.91. The molecule has 0 aromatic carbocycles. The maximum atomic E-state index is 12.2. The van der Waals surface area contributed by atoms with Crippen molar-refractivity contribution in [2.24, 2.45) is 0 Å². The van der Waals surface area contributed by atoms with Crippen molar-refractivity contribution in [3.8, 4) is 0 Å². The lowest BCUT2D eigenvalue weighted by Crippen LogP contribution is -2.11. The zero-order valence-corrected chi connectivity index (χ0v) is 13.8. The van der Waals surface area contributed by atoms with E-state index < -0.39 is 0 Å². The van der Waals surface area contributed by atoms with Gasteiger partial charge < -0.3 is 0 Å². The van der Waals surface area contributed by atoms with Gasteiger partial charge in [-0.2, -0.15) is 0 Å². The van der Waals surface area contributed by atoms with Crippen molar-refractivity contribution in [2.45, 2.75) is 46.5 Å². The Balaban J connectivity index is 2.11. The van der Waals surface area contributed by atoms with Crippen LogP contribution in [-0.2, 0) is 0 Å². The normalized spacial score (nSPS) is 11.1. The third kappa shape index (κ3) is 3.24. The van der Waals surface area contributed by atoms with E-state index in [9.17, 15) is 4.79 Å². The molecule has 1 amide bonds. The predicted octanol–water partition coefficient (Wildman–Crippen LogP) is 4.37. The molecule has 0 atom stereocenters. The Kier molecular flexibility index (Phi) is 4.88. The molecule has 0 bridgehead atoms. The van der Waals surface area contributed by atoms with Crippen LogP contribution in [0.4, 0.5) is 5.13 Å². The number of hydrogen-bond acceptors (Lipinski definition) is 5. The molecule has 0 aliphatic carbocycles. The van der Waals surface area contributed by atoms with Crippen LogP contribution in [0.5, 0.6) is 0 Å². The van der Waals surface area contributed by atoms with Gasteiger partial charge in [0, 0.05) is 15.7 Å². The number of anilines is 1. The van der Waals surface area contributed by atoms with Crippen molar-refractivity contribution < 1.29 is 4.79 Å². The smallest absolute Gasteiger partial charge is 0.258 e. The summed E-state index contributed by atoms with van der Waals surface area (Å²) in [6.45, 7) is 8.25. The van der Waals surface area contributed by atoms with Crippen molar-refractivity contribution >= 4 is 33.7 Å². The van der Waals surface area contributed by atoms with E-state index in [1.165, 1.54) is 11.3 Å². The molecule has 2 heterocycles. The highest BCUT2D eigenvalue weighted by atomic mass is 32.1. The lowest BCUT2D eigenvalue weighted by Gasteiger charge is -2.05. The standard InChI is InChI=1S/C14H19N3OS2/c1-5-10(6-2)13-16-17-14(20-13)15-12(18)11-7-8(3)19-9(11)4/h7,10H,5-6H2,1-4H3,(H,15,17,18). The average molecular weight is 309 g/mol. The monoisotopic (exact) mass is 309 g/mol. The molecule has 0 fully saturated rings. The number of hydrogen-bond donors (Lipinski definition) is 1. The highest BCUT2D eigenvalue weighted by Gasteiger charge is 2.17. The highest BCUT2D eigenvalue weighted by molar-refractivity contribution is 7.15. The van der Waals surface area contributed by atoms with Crippen LogP contribution in [0.1, 0.15) is 57.7 Å². The van der Waals surface area contributed by atoms with Gasteiger partial charge in [-0.15, -0.1) is 21.5 Å². The van der Waals surface area contributed by atoms with Gasteiger partial charge in [0.25, 0.3) is 5.91 Å². The first-order valence-electron chi connectivity index (χ1n) is 6.76. The van der Waals surface area contributed by atoms with E-state index in [4.69, 9.17) is 0 Å². The second-order valence-electron chi connectivity index (χ2n) is 4.74. The number of thiophene rings is 1. The van der Waals surface area contributed by atoms with Crippen LogP contribution >= 0.6 is 22.7 Å². The van der Waals surface area contributed by atoms with E-state index in [0.29, 0.717) is 11.0 Å². The Morgan fingerprint density at radius 2 is 1.95 bits per heavy atom. The van der Waals surface area contributed by atoms with Gasteiger partial charge in [0.15, 0.2) is 0 Å². The van der Waals surface area contributed by atoms with Crippen LogP contribution in [0.2, 0.25) is 0 Å². The van der Waals surface area contributed by atoms with Gasteiger partial charge in [0.05, 0.1) is 5.56 Å². The molecule has 0 aliphatic rings. The molecule has 2 aromatic rings. The fraction of sp³-hybridized carbons (Fsp3) is 0.500. The van der Waals surface area contributed by atoms with Gasteiger partial charge >= 0.3 is 0 Å². The second kappa shape index (κ2) is 6.45. The summed E-state index contributed by atoms with van der Waals surface area (Å²) >= 11 is 3.11. The number of carbonyl (C=O) groups excluding carboxylic acids is 1. The summed E-state index contributed by atoms with van der Waals surface area (Å²) in [4.78, 5) is 14.4. The van der Waals surface area contributed by atoms with Crippen LogP contribution in [0, 0.1) is 13.8 Å². The second-order valence-corrected chi connectivity index (χ2v) is 7.21. The molecule has 4 nitrogen and oxygen atoms in total. The summed E-state index contributed by atoms with van der Waals surface area (Å²) in [7, 11) is 0. The molecule has 0 saturated heterocycles. The number of nitrogens with one attached hydrogen (secondary N) is 1. The molecular formula is C14H19N3OS2. The molecule has 2 aromatic heterocycles. The van der Waals surface area contributed by atoms with Gasteiger partial charge in [-0.3, -0.25) is 10.1 Å². The van der Waals surface area contributed by atoms with Crippen LogP contribution in [0.25, 0.3) is 0 Å². The largest absolute Gasteiger partial charge is 0.296 e. The van der Waals surface area contributed by atoms with Gasteiger partial charge in [-0.25, -0.2) is 0 Å². The summed E-state index contributed by atoms with van der Waals surface area (Å²) in [5.41, 5.74) is 0.729. The molecule has 20 heavy (non-hydrogen) atoms. The fourth-order valence-electron chi connectivity index (χ4n) is 2.11. The number of nitrogens with zero attached hydrogens (tertiary/aromatic N) is 2. The van der Waals surface area contributed by atoms with E-state index in [1.54, 1.807) is 11.3 Å². The van der Waals surface area contributed by atoms with E-state index in [2.05, 4.69) is 29.4 Å². The molecule has 0 saturated carbocycles. The Bertz CT molecular complexity index is 599. The lowest BCUT2D eigenvalue weighted by molar-refractivity contribution is 0.102. The van der Waals surface area contributed by atoms with Crippen molar-refractivity contribution in [3.63, 3.8) is 0 Å². The Labute approximate surface area is 127 Å². The summed E-state index contributed by atoms with van der Waals surface area (Å²) in [5, 5.41) is 12.7. The predicted molar refractivity (Wildman–Crippen MR) is 85.0 cm³/mol. The van der Waals surface area contributed by atoms with Gasteiger partial charge in [0.2, 0.25) is 5.13 Å². The van der Waals surface area contributed by atoms with Gasteiger partial charge in [0.1, 0.15) is 5.01 Å². The minimum atomic E-state index is -0.0981. The van der Waals surface area contributed by atoms with E-state index >= 15 is 0 Å². The number of rotatable bonds is 5. The summed E-state index contributed by atoms with van der Waals surface area (Å²) in [5.74, 6) is 0.336. The van der Waals surface area contributed by atoms with Crippen molar-refractivity contribution in [1.29, 1.82) is 0 Å². The van der Waals surface area contributed by atoms with Crippen LogP contribution < -0.4 is 5.32 Å².